The first-order chi connectivity index (χ1) is 12.3. The molecule has 2 bridgehead atoms. The number of nitrogens with one attached hydrogen (secondary N) is 1. The molecule has 7 heteroatoms. The largest absolute Gasteiger partial charge is 0.348 e. The highest BCUT2D eigenvalue weighted by molar-refractivity contribution is 7.92. The summed E-state index contributed by atoms with van der Waals surface area (Å²) in [5.41, 5.74) is -0.146. The normalized spacial score (nSPS) is 35.4. The first-order valence-corrected chi connectivity index (χ1v) is 11.9. The van der Waals surface area contributed by atoms with E-state index in [4.69, 9.17) is 0 Å². The van der Waals surface area contributed by atoms with Crippen molar-refractivity contribution >= 4 is 21.7 Å². The van der Waals surface area contributed by atoms with Crippen molar-refractivity contribution in [3.8, 4) is 0 Å². The van der Waals surface area contributed by atoms with Gasteiger partial charge in [0.2, 0.25) is 11.8 Å². The molecule has 0 radical (unpaired) electrons. The van der Waals surface area contributed by atoms with Gasteiger partial charge in [-0.05, 0) is 49.9 Å². The molecule has 1 N–H and O–H groups in total. The van der Waals surface area contributed by atoms with E-state index in [1.807, 2.05) is 11.8 Å². The van der Waals surface area contributed by atoms with E-state index in [2.05, 4.69) is 26.1 Å². The molecule has 4 aliphatic rings. The van der Waals surface area contributed by atoms with E-state index in [0.717, 1.165) is 19.3 Å². The van der Waals surface area contributed by atoms with Crippen LogP contribution in [0.2, 0.25) is 0 Å². The van der Waals surface area contributed by atoms with Gasteiger partial charge in [0.1, 0.15) is 5.75 Å². The maximum atomic E-state index is 13.1. The highest BCUT2D eigenvalue weighted by atomic mass is 32.2. The van der Waals surface area contributed by atoms with E-state index in [9.17, 15) is 18.0 Å². The molecule has 1 unspecified atom stereocenters. The van der Waals surface area contributed by atoms with Gasteiger partial charge in [-0.3, -0.25) is 9.59 Å². The summed E-state index contributed by atoms with van der Waals surface area (Å²) in [6.07, 6.45) is 4.12. The predicted molar refractivity (Wildman–Crippen MR) is 105 cm³/mol. The van der Waals surface area contributed by atoms with E-state index in [1.54, 1.807) is 6.92 Å². The van der Waals surface area contributed by atoms with Crippen molar-refractivity contribution in [2.24, 2.45) is 16.2 Å². The number of hydrogen-bond acceptors (Lipinski definition) is 4. The highest BCUT2D eigenvalue weighted by Gasteiger charge is 2.75. The lowest BCUT2D eigenvalue weighted by atomic mass is 9.29. The monoisotopic (exact) mass is 398 g/mol. The molecule has 3 aliphatic carbocycles. The van der Waals surface area contributed by atoms with Crippen LogP contribution in [0.25, 0.3) is 0 Å². The summed E-state index contributed by atoms with van der Waals surface area (Å²) in [5.74, 6) is -0.676. The first kappa shape index (κ1) is 20.6. The Morgan fingerprint density at radius 2 is 1.74 bits per heavy atom. The Morgan fingerprint density at radius 1 is 1.15 bits per heavy atom. The zero-order chi connectivity index (χ0) is 20.3. The van der Waals surface area contributed by atoms with E-state index in [-0.39, 0.29) is 22.5 Å². The van der Waals surface area contributed by atoms with E-state index < -0.39 is 27.0 Å². The van der Waals surface area contributed by atoms with Gasteiger partial charge < -0.3 is 10.2 Å². The lowest BCUT2D eigenvalue weighted by Crippen LogP contribution is -2.72. The SMILES string of the molecule is CCCS(=O)(=O)CC(=O)NC1(C)CCN(C(=O)C23CC(C(C)(C)C)(C2)C3)C1. The van der Waals surface area contributed by atoms with Crippen LogP contribution in [0.1, 0.15) is 66.7 Å². The van der Waals surface area contributed by atoms with Crippen LogP contribution in [0.5, 0.6) is 0 Å². The van der Waals surface area contributed by atoms with Gasteiger partial charge in [0, 0.05) is 13.1 Å². The molecule has 4 rings (SSSR count). The zero-order valence-electron chi connectivity index (χ0n) is 17.4. The number of likely N-dealkylation sites (tertiary alicyclic amines) is 1. The van der Waals surface area contributed by atoms with Crippen molar-refractivity contribution in [3.05, 3.63) is 0 Å². The number of carbonyl (C=O) groups excluding carboxylic acids is 2. The van der Waals surface area contributed by atoms with Crippen molar-refractivity contribution in [2.75, 3.05) is 24.6 Å². The molecule has 2 amide bonds. The van der Waals surface area contributed by atoms with Crippen LogP contribution >= 0.6 is 0 Å². The average Bonchev–Trinajstić information content (AvgIpc) is 2.74. The molecule has 6 nitrogen and oxygen atoms in total. The third-order valence-electron chi connectivity index (χ3n) is 7.14. The fourth-order valence-corrected chi connectivity index (χ4v) is 6.58. The summed E-state index contributed by atoms with van der Waals surface area (Å²) in [5, 5.41) is 2.87. The molecule has 3 saturated carbocycles. The Labute approximate surface area is 163 Å². The lowest BCUT2D eigenvalue weighted by molar-refractivity contribution is -0.254. The maximum absolute atomic E-state index is 13.1. The summed E-state index contributed by atoms with van der Waals surface area (Å²) < 4.78 is 23.7. The van der Waals surface area contributed by atoms with Gasteiger partial charge >= 0.3 is 0 Å². The van der Waals surface area contributed by atoms with Gasteiger partial charge in [0.05, 0.1) is 16.7 Å². The Kier molecular flexibility index (Phi) is 4.73. The van der Waals surface area contributed by atoms with Crippen LogP contribution in [0.4, 0.5) is 0 Å². The Morgan fingerprint density at radius 3 is 2.26 bits per heavy atom. The van der Waals surface area contributed by atoms with Crippen LogP contribution < -0.4 is 5.32 Å². The molecule has 154 valence electrons. The van der Waals surface area contributed by atoms with Crippen LogP contribution in [-0.4, -0.2) is 55.3 Å². The molecule has 4 fully saturated rings. The molecule has 1 aliphatic heterocycles. The van der Waals surface area contributed by atoms with Crippen molar-refractivity contribution < 1.29 is 18.0 Å². The number of hydrogen-bond donors (Lipinski definition) is 1. The van der Waals surface area contributed by atoms with Gasteiger partial charge in [-0.1, -0.05) is 27.7 Å². The standard InChI is InChI=1S/C20H34N2O4S/c1-6-9-27(25,26)10-15(23)21-18(5)7-8-22(14-18)16(24)19-11-20(12-19,13-19)17(2,3)4/h6-14H2,1-5H3,(H,21,23). The van der Waals surface area contributed by atoms with Crippen LogP contribution in [0.3, 0.4) is 0 Å². The van der Waals surface area contributed by atoms with Crippen molar-refractivity contribution in [1.82, 2.24) is 10.2 Å². The van der Waals surface area contributed by atoms with Crippen molar-refractivity contribution in [2.45, 2.75) is 72.3 Å². The molecule has 0 aromatic carbocycles. The third-order valence-corrected chi connectivity index (χ3v) is 8.88. The van der Waals surface area contributed by atoms with Crippen LogP contribution in [-0.2, 0) is 19.4 Å². The van der Waals surface area contributed by atoms with Crippen molar-refractivity contribution in [3.63, 3.8) is 0 Å². The number of carbonyl (C=O) groups is 2. The summed E-state index contributed by atoms with van der Waals surface area (Å²) in [6.45, 7) is 11.6. The van der Waals surface area contributed by atoms with Gasteiger partial charge in [0.25, 0.3) is 0 Å². The van der Waals surface area contributed by atoms with Crippen molar-refractivity contribution in [1.29, 1.82) is 0 Å². The summed E-state index contributed by atoms with van der Waals surface area (Å²) in [4.78, 5) is 27.1. The number of amides is 2. The van der Waals surface area contributed by atoms with Gasteiger partial charge in [0.15, 0.2) is 9.84 Å². The highest BCUT2D eigenvalue weighted by Crippen LogP contribution is 2.79. The molecule has 1 saturated heterocycles. The predicted octanol–water partition coefficient (Wildman–Crippen LogP) is 2.13. The number of rotatable bonds is 6. The molecule has 27 heavy (non-hydrogen) atoms. The number of sulfone groups is 1. The maximum Gasteiger partial charge on any atom is 0.235 e. The van der Waals surface area contributed by atoms with Gasteiger partial charge in [-0.25, -0.2) is 8.42 Å². The fourth-order valence-electron chi connectivity index (χ4n) is 5.34. The Hall–Kier alpha value is -1.11. The molecular formula is C20H34N2O4S. The number of nitrogens with zero attached hydrogens (tertiary/aromatic N) is 1. The molecule has 1 heterocycles. The van der Waals surface area contributed by atoms with Gasteiger partial charge in [-0.2, -0.15) is 0 Å². The minimum atomic E-state index is -3.35. The summed E-state index contributed by atoms with van der Waals surface area (Å²) >= 11 is 0. The summed E-state index contributed by atoms with van der Waals surface area (Å²) in [6, 6.07) is 0. The quantitative estimate of drug-likeness (QED) is 0.743. The Balaban J connectivity index is 1.54. The average molecular weight is 399 g/mol. The summed E-state index contributed by atoms with van der Waals surface area (Å²) in [7, 11) is -3.35. The zero-order valence-corrected chi connectivity index (χ0v) is 18.2. The fraction of sp³-hybridized carbons (Fsp3) is 0.900. The van der Waals surface area contributed by atoms with E-state index >= 15 is 0 Å². The van der Waals surface area contributed by atoms with E-state index in [1.165, 1.54) is 0 Å². The van der Waals surface area contributed by atoms with E-state index in [0.29, 0.717) is 31.3 Å². The minimum Gasteiger partial charge on any atom is -0.348 e. The molecule has 0 spiro atoms. The Bertz CT molecular complexity index is 733. The molecular weight excluding hydrogens is 364 g/mol. The molecule has 0 aromatic rings. The molecule has 0 aromatic heterocycles. The second kappa shape index (κ2) is 6.19. The van der Waals surface area contributed by atoms with Crippen LogP contribution in [0.15, 0.2) is 0 Å². The van der Waals surface area contributed by atoms with Gasteiger partial charge in [-0.15, -0.1) is 0 Å². The smallest absolute Gasteiger partial charge is 0.235 e. The first-order valence-electron chi connectivity index (χ1n) is 10.1. The second-order valence-electron chi connectivity index (χ2n) is 10.5. The molecule has 1 atom stereocenters. The topological polar surface area (TPSA) is 83.6 Å². The lowest BCUT2D eigenvalue weighted by Gasteiger charge is -2.75. The van der Waals surface area contributed by atoms with Crippen LogP contribution in [0, 0.1) is 16.2 Å². The third kappa shape index (κ3) is 3.52. The second-order valence-corrected chi connectivity index (χ2v) is 12.7. The minimum absolute atomic E-state index is 0.0276.